The van der Waals surface area contributed by atoms with Crippen molar-refractivity contribution < 1.29 is 9.53 Å². The van der Waals surface area contributed by atoms with Crippen LogP contribution in [0.2, 0.25) is 0 Å². The lowest BCUT2D eigenvalue weighted by Gasteiger charge is -2.11. The molecule has 0 spiro atoms. The number of amides is 1. The molecule has 0 unspecified atom stereocenters. The highest BCUT2D eigenvalue weighted by molar-refractivity contribution is 5.75. The molecule has 1 amide bonds. The highest BCUT2D eigenvalue weighted by Gasteiger charge is 2.05. The summed E-state index contributed by atoms with van der Waals surface area (Å²) in [5.41, 5.74) is 8.26. The first kappa shape index (κ1) is 10.6. The second-order valence-electron chi connectivity index (χ2n) is 3.48. The van der Waals surface area contributed by atoms with E-state index in [4.69, 9.17) is 10.5 Å². The molecule has 0 bridgehead atoms. The van der Waals surface area contributed by atoms with Crippen molar-refractivity contribution in [2.45, 2.75) is 20.8 Å². The van der Waals surface area contributed by atoms with Gasteiger partial charge in [0.05, 0.1) is 0 Å². The maximum atomic E-state index is 10.6. The standard InChI is InChI=1S/C11H15NO2/c1-7-4-8(2)11(9(3)5-7)14-6-10(12)13/h4-5H,6H2,1-3H3,(H2,12,13). The van der Waals surface area contributed by atoms with Crippen LogP contribution in [0.4, 0.5) is 0 Å². The van der Waals surface area contributed by atoms with Crippen LogP contribution in [0, 0.1) is 20.8 Å². The fraction of sp³-hybridized carbons (Fsp3) is 0.364. The fourth-order valence-corrected chi connectivity index (χ4v) is 1.54. The van der Waals surface area contributed by atoms with Crippen LogP contribution in [-0.4, -0.2) is 12.5 Å². The Labute approximate surface area is 83.9 Å². The SMILES string of the molecule is Cc1cc(C)c(OCC(N)=O)c(C)c1. The average Bonchev–Trinajstić information content (AvgIpc) is 2.01. The Bertz CT molecular complexity index is 335. The van der Waals surface area contributed by atoms with Crippen LogP contribution in [0.15, 0.2) is 12.1 Å². The van der Waals surface area contributed by atoms with Gasteiger partial charge in [0.15, 0.2) is 6.61 Å². The summed E-state index contributed by atoms with van der Waals surface area (Å²) >= 11 is 0. The molecular formula is C11H15NO2. The van der Waals surface area contributed by atoms with Gasteiger partial charge in [-0.05, 0) is 31.9 Å². The van der Waals surface area contributed by atoms with Gasteiger partial charge in [0.1, 0.15) is 5.75 Å². The molecule has 3 nitrogen and oxygen atoms in total. The largest absolute Gasteiger partial charge is 0.483 e. The summed E-state index contributed by atoms with van der Waals surface area (Å²) in [7, 11) is 0. The third kappa shape index (κ3) is 2.49. The minimum absolute atomic E-state index is 0.0647. The number of hydrogen-bond donors (Lipinski definition) is 1. The minimum atomic E-state index is -0.454. The summed E-state index contributed by atoms with van der Waals surface area (Å²) in [5.74, 6) is 0.304. The summed E-state index contributed by atoms with van der Waals surface area (Å²) in [6, 6.07) is 4.03. The van der Waals surface area contributed by atoms with Gasteiger partial charge >= 0.3 is 0 Å². The molecule has 0 aliphatic rings. The van der Waals surface area contributed by atoms with Crippen molar-refractivity contribution in [2.75, 3.05) is 6.61 Å². The summed E-state index contributed by atoms with van der Waals surface area (Å²) in [6.07, 6.45) is 0. The minimum Gasteiger partial charge on any atom is -0.483 e. The van der Waals surface area contributed by atoms with Crippen LogP contribution in [0.25, 0.3) is 0 Å². The first-order chi connectivity index (χ1) is 6.50. The van der Waals surface area contributed by atoms with E-state index in [1.165, 1.54) is 5.56 Å². The molecule has 1 rings (SSSR count). The maximum absolute atomic E-state index is 10.6. The van der Waals surface area contributed by atoms with E-state index in [1.54, 1.807) is 0 Å². The van der Waals surface area contributed by atoms with Crippen LogP contribution in [0.5, 0.6) is 5.75 Å². The number of ether oxygens (including phenoxy) is 1. The van der Waals surface area contributed by atoms with Crippen molar-refractivity contribution in [3.05, 3.63) is 28.8 Å². The first-order valence-electron chi connectivity index (χ1n) is 4.49. The highest BCUT2D eigenvalue weighted by Crippen LogP contribution is 2.24. The molecule has 0 heterocycles. The van der Waals surface area contributed by atoms with Crippen LogP contribution in [0.3, 0.4) is 0 Å². The summed E-state index contributed by atoms with van der Waals surface area (Å²) < 4.78 is 5.31. The predicted molar refractivity (Wildman–Crippen MR) is 55.3 cm³/mol. The molecular weight excluding hydrogens is 178 g/mol. The lowest BCUT2D eigenvalue weighted by molar-refractivity contribution is -0.119. The van der Waals surface area contributed by atoms with E-state index in [1.807, 2.05) is 32.9 Å². The molecule has 2 N–H and O–H groups in total. The number of carbonyl (C=O) groups excluding carboxylic acids is 1. The lowest BCUT2D eigenvalue weighted by Crippen LogP contribution is -2.20. The van der Waals surface area contributed by atoms with Gasteiger partial charge in [0.25, 0.3) is 5.91 Å². The van der Waals surface area contributed by atoms with E-state index >= 15 is 0 Å². The number of primary amides is 1. The van der Waals surface area contributed by atoms with E-state index in [9.17, 15) is 4.79 Å². The van der Waals surface area contributed by atoms with Gasteiger partial charge in [0.2, 0.25) is 0 Å². The van der Waals surface area contributed by atoms with Crippen LogP contribution < -0.4 is 10.5 Å². The molecule has 0 aliphatic heterocycles. The van der Waals surface area contributed by atoms with Gasteiger partial charge < -0.3 is 10.5 Å². The van der Waals surface area contributed by atoms with Gasteiger partial charge in [-0.2, -0.15) is 0 Å². The molecule has 3 heteroatoms. The quantitative estimate of drug-likeness (QED) is 0.790. The Balaban J connectivity index is 2.91. The number of carbonyl (C=O) groups is 1. The van der Waals surface area contributed by atoms with E-state index in [2.05, 4.69) is 0 Å². The Morgan fingerprint density at radius 3 is 2.21 bits per heavy atom. The van der Waals surface area contributed by atoms with Gasteiger partial charge in [-0.1, -0.05) is 17.7 Å². The molecule has 0 aliphatic carbocycles. The van der Waals surface area contributed by atoms with Crippen molar-refractivity contribution in [3.63, 3.8) is 0 Å². The molecule has 0 saturated carbocycles. The third-order valence-electron chi connectivity index (χ3n) is 1.96. The number of hydrogen-bond acceptors (Lipinski definition) is 2. The summed E-state index contributed by atoms with van der Waals surface area (Å²) in [4.78, 5) is 10.6. The van der Waals surface area contributed by atoms with Crippen molar-refractivity contribution in [2.24, 2.45) is 5.73 Å². The molecule has 0 radical (unpaired) electrons. The average molecular weight is 193 g/mol. The molecule has 0 saturated heterocycles. The van der Waals surface area contributed by atoms with E-state index < -0.39 is 5.91 Å². The zero-order valence-corrected chi connectivity index (χ0v) is 8.76. The highest BCUT2D eigenvalue weighted by atomic mass is 16.5. The number of rotatable bonds is 3. The molecule has 1 aromatic rings. The summed E-state index contributed by atoms with van der Waals surface area (Å²) in [5, 5.41) is 0. The molecule has 14 heavy (non-hydrogen) atoms. The van der Waals surface area contributed by atoms with Crippen LogP contribution in [-0.2, 0) is 4.79 Å². The van der Waals surface area contributed by atoms with Crippen molar-refractivity contribution >= 4 is 5.91 Å². The lowest BCUT2D eigenvalue weighted by atomic mass is 10.1. The van der Waals surface area contributed by atoms with E-state index in [-0.39, 0.29) is 6.61 Å². The molecule has 0 atom stereocenters. The Morgan fingerprint density at radius 2 is 1.79 bits per heavy atom. The first-order valence-corrected chi connectivity index (χ1v) is 4.49. The van der Waals surface area contributed by atoms with Crippen molar-refractivity contribution in [1.82, 2.24) is 0 Å². The second-order valence-corrected chi connectivity index (χ2v) is 3.48. The van der Waals surface area contributed by atoms with Gasteiger partial charge in [-0.15, -0.1) is 0 Å². The van der Waals surface area contributed by atoms with E-state index in [0.29, 0.717) is 0 Å². The topological polar surface area (TPSA) is 52.3 Å². The van der Waals surface area contributed by atoms with E-state index in [0.717, 1.165) is 16.9 Å². The molecule has 0 aromatic heterocycles. The van der Waals surface area contributed by atoms with Gasteiger partial charge in [-0.3, -0.25) is 4.79 Å². The monoisotopic (exact) mass is 193 g/mol. The zero-order chi connectivity index (χ0) is 10.7. The van der Waals surface area contributed by atoms with Crippen molar-refractivity contribution in [1.29, 1.82) is 0 Å². The Hall–Kier alpha value is -1.51. The summed E-state index contributed by atoms with van der Waals surface area (Å²) in [6.45, 7) is 5.87. The molecule has 0 fully saturated rings. The Kier molecular flexibility index (Phi) is 3.12. The smallest absolute Gasteiger partial charge is 0.255 e. The normalized spacial score (nSPS) is 9.93. The maximum Gasteiger partial charge on any atom is 0.255 e. The fourth-order valence-electron chi connectivity index (χ4n) is 1.54. The number of nitrogens with two attached hydrogens (primary N) is 1. The third-order valence-corrected chi connectivity index (χ3v) is 1.96. The number of benzene rings is 1. The second kappa shape index (κ2) is 4.13. The van der Waals surface area contributed by atoms with Gasteiger partial charge in [-0.25, -0.2) is 0 Å². The van der Waals surface area contributed by atoms with Crippen LogP contribution in [0.1, 0.15) is 16.7 Å². The van der Waals surface area contributed by atoms with Crippen LogP contribution >= 0.6 is 0 Å². The Morgan fingerprint density at radius 1 is 1.29 bits per heavy atom. The molecule has 1 aromatic carbocycles. The van der Waals surface area contributed by atoms with Crippen molar-refractivity contribution in [3.8, 4) is 5.75 Å². The number of aryl methyl sites for hydroxylation is 3. The molecule has 76 valence electrons. The van der Waals surface area contributed by atoms with Gasteiger partial charge in [0, 0.05) is 0 Å². The predicted octanol–water partition coefficient (Wildman–Crippen LogP) is 1.48. The zero-order valence-electron chi connectivity index (χ0n) is 8.76.